The third-order valence-electron chi connectivity index (χ3n) is 2.95. The van der Waals surface area contributed by atoms with E-state index in [9.17, 15) is 8.78 Å². The maximum atomic E-state index is 13.1. The number of nitrogens with one attached hydrogen (secondary N) is 1. The molecule has 1 nitrogen and oxygen atoms in total. The second-order valence-corrected chi connectivity index (χ2v) is 4.47. The Morgan fingerprint density at radius 3 is 2.38 bits per heavy atom. The van der Waals surface area contributed by atoms with E-state index in [-0.39, 0.29) is 6.04 Å². The van der Waals surface area contributed by atoms with Gasteiger partial charge in [0, 0.05) is 12.1 Å². The van der Waals surface area contributed by atoms with E-state index in [1.807, 2.05) is 0 Å². The molecule has 1 aromatic carbocycles. The Labute approximate surface area is 94.9 Å². The molecule has 0 spiro atoms. The van der Waals surface area contributed by atoms with Crippen molar-refractivity contribution in [1.82, 2.24) is 5.32 Å². The standard InChI is InChI=1S/C13H17F2N/c1-2-5-16-13(9-3-4-9)10-6-11(14)8-12(15)7-10/h6-9,13,16H,2-5H2,1H3. The number of halogens is 2. The summed E-state index contributed by atoms with van der Waals surface area (Å²) in [6.45, 7) is 2.97. The third kappa shape index (κ3) is 2.79. The Morgan fingerprint density at radius 2 is 1.88 bits per heavy atom. The average molecular weight is 225 g/mol. The van der Waals surface area contributed by atoms with Crippen molar-refractivity contribution < 1.29 is 8.78 Å². The van der Waals surface area contributed by atoms with E-state index in [0.29, 0.717) is 5.92 Å². The largest absolute Gasteiger partial charge is 0.310 e. The molecule has 0 saturated heterocycles. The van der Waals surface area contributed by atoms with Crippen LogP contribution < -0.4 is 5.32 Å². The molecular weight excluding hydrogens is 208 g/mol. The lowest BCUT2D eigenvalue weighted by molar-refractivity contribution is 0.473. The number of hydrogen-bond donors (Lipinski definition) is 1. The summed E-state index contributed by atoms with van der Waals surface area (Å²) in [4.78, 5) is 0. The highest BCUT2D eigenvalue weighted by Gasteiger charge is 2.32. The second kappa shape index (κ2) is 4.91. The van der Waals surface area contributed by atoms with Crippen LogP contribution in [0.15, 0.2) is 18.2 Å². The molecule has 88 valence electrons. The van der Waals surface area contributed by atoms with Crippen molar-refractivity contribution in [3.8, 4) is 0 Å². The zero-order valence-corrected chi connectivity index (χ0v) is 9.47. The Balaban J connectivity index is 2.16. The summed E-state index contributed by atoms with van der Waals surface area (Å²) in [6.07, 6.45) is 3.33. The van der Waals surface area contributed by atoms with Crippen molar-refractivity contribution in [2.45, 2.75) is 32.2 Å². The highest BCUT2D eigenvalue weighted by molar-refractivity contribution is 5.23. The molecule has 1 unspecified atom stereocenters. The number of hydrogen-bond acceptors (Lipinski definition) is 1. The van der Waals surface area contributed by atoms with Gasteiger partial charge in [-0.1, -0.05) is 6.92 Å². The summed E-state index contributed by atoms with van der Waals surface area (Å²) in [5.74, 6) is -0.425. The zero-order valence-electron chi connectivity index (χ0n) is 9.47. The zero-order chi connectivity index (χ0) is 11.5. The lowest BCUT2D eigenvalue weighted by Gasteiger charge is -2.18. The van der Waals surface area contributed by atoms with Crippen molar-refractivity contribution in [2.24, 2.45) is 5.92 Å². The van der Waals surface area contributed by atoms with Crippen LogP contribution in [-0.2, 0) is 0 Å². The molecule has 1 fully saturated rings. The van der Waals surface area contributed by atoms with Crippen LogP contribution in [0.2, 0.25) is 0 Å². The van der Waals surface area contributed by atoms with Crippen LogP contribution in [0, 0.1) is 17.6 Å². The van der Waals surface area contributed by atoms with E-state index in [0.717, 1.165) is 37.4 Å². The van der Waals surface area contributed by atoms with Crippen LogP contribution in [0.1, 0.15) is 37.8 Å². The van der Waals surface area contributed by atoms with E-state index in [1.165, 1.54) is 12.1 Å². The molecule has 3 heteroatoms. The molecular formula is C13H17F2N. The van der Waals surface area contributed by atoms with Gasteiger partial charge in [-0.2, -0.15) is 0 Å². The normalized spacial score (nSPS) is 17.4. The topological polar surface area (TPSA) is 12.0 Å². The predicted molar refractivity (Wildman–Crippen MR) is 60.1 cm³/mol. The first-order valence-corrected chi connectivity index (χ1v) is 5.90. The lowest BCUT2D eigenvalue weighted by atomic mass is 10.0. The van der Waals surface area contributed by atoms with Gasteiger partial charge in [0.1, 0.15) is 11.6 Å². The molecule has 1 aliphatic carbocycles. The average Bonchev–Trinajstić information content (AvgIpc) is 3.01. The fourth-order valence-corrected chi connectivity index (χ4v) is 2.04. The second-order valence-electron chi connectivity index (χ2n) is 4.47. The van der Waals surface area contributed by atoms with Gasteiger partial charge in [-0.3, -0.25) is 0 Å². The summed E-state index contributed by atoms with van der Waals surface area (Å²) < 4.78 is 26.3. The van der Waals surface area contributed by atoms with E-state index >= 15 is 0 Å². The molecule has 0 bridgehead atoms. The van der Waals surface area contributed by atoms with Gasteiger partial charge in [0.25, 0.3) is 0 Å². The monoisotopic (exact) mass is 225 g/mol. The van der Waals surface area contributed by atoms with Crippen molar-refractivity contribution in [1.29, 1.82) is 0 Å². The van der Waals surface area contributed by atoms with Gasteiger partial charge in [-0.25, -0.2) is 8.78 Å². The molecule has 0 heterocycles. The van der Waals surface area contributed by atoms with Crippen molar-refractivity contribution in [2.75, 3.05) is 6.54 Å². The Kier molecular flexibility index (Phi) is 3.54. The summed E-state index contributed by atoms with van der Waals surface area (Å²) in [6, 6.07) is 3.92. The SMILES string of the molecule is CCCNC(c1cc(F)cc(F)c1)C1CC1. The molecule has 1 saturated carbocycles. The van der Waals surface area contributed by atoms with E-state index in [4.69, 9.17) is 0 Å². The van der Waals surface area contributed by atoms with Crippen molar-refractivity contribution in [3.63, 3.8) is 0 Å². The number of rotatable bonds is 5. The van der Waals surface area contributed by atoms with Crippen LogP contribution in [0.5, 0.6) is 0 Å². The van der Waals surface area contributed by atoms with E-state index in [1.54, 1.807) is 0 Å². The van der Waals surface area contributed by atoms with Gasteiger partial charge in [0.15, 0.2) is 0 Å². The Hall–Kier alpha value is -0.960. The predicted octanol–water partition coefficient (Wildman–Crippen LogP) is 3.42. The molecule has 0 amide bonds. The van der Waals surface area contributed by atoms with Crippen LogP contribution >= 0.6 is 0 Å². The quantitative estimate of drug-likeness (QED) is 0.809. The molecule has 0 aromatic heterocycles. The van der Waals surface area contributed by atoms with Gasteiger partial charge in [0.2, 0.25) is 0 Å². The highest BCUT2D eigenvalue weighted by atomic mass is 19.1. The van der Waals surface area contributed by atoms with Crippen molar-refractivity contribution in [3.05, 3.63) is 35.4 Å². The first kappa shape index (κ1) is 11.5. The van der Waals surface area contributed by atoms with Crippen LogP contribution in [0.25, 0.3) is 0 Å². The van der Waals surface area contributed by atoms with Crippen LogP contribution in [-0.4, -0.2) is 6.54 Å². The molecule has 0 radical (unpaired) electrons. The summed E-state index contributed by atoms with van der Waals surface area (Å²) >= 11 is 0. The summed E-state index contributed by atoms with van der Waals surface area (Å²) in [7, 11) is 0. The maximum absolute atomic E-state index is 13.1. The first-order chi connectivity index (χ1) is 7.70. The van der Waals surface area contributed by atoms with Crippen LogP contribution in [0.3, 0.4) is 0 Å². The minimum absolute atomic E-state index is 0.116. The van der Waals surface area contributed by atoms with Crippen molar-refractivity contribution >= 4 is 0 Å². The number of benzene rings is 1. The first-order valence-electron chi connectivity index (χ1n) is 5.90. The van der Waals surface area contributed by atoms with Gasteiger partial charge >= 0.3 is 0 Å². The smallest absolute Gasteiger partial charge is 0.126 e. The lowest BCUT2D eigenvalue weighted by Crippen LogP contribution is -2.24. The molecule has 1 aromatic rings. The third-order valence-corrected chi connectivity index (χ3v) is 2.95. The molecule has 1 aliphatic rings. The Morgan fingerprint density at radius 1 is 1.25 bits per heavy atom. The van der Waals surface area contributed by atoms with Gasteiger partial charge in [-0.05, 0) is 49.4 Å². The maximum Gasteiger partial charge on any atom is 0.126 e. The van der Waals surface area contributed by atoms with E-state index < -0.39 is 11.6 Å². The van der Waals surface area contributed by atoms with Gasteiger partial charge < -0.3 is 5.32 Å². The van der Waals surface area contributed by atoms with Crippen LogP contribution in [0.4, 0.5) is 8.78 Å². The van der Waals surface area contributed by atoms with Gasteiger partial charge in [-0.15, -0.1) is 0 Å². The molecule has 16 heavy (non-hydrogen) atoms. The minimum Gasteiger partial charge on any atom is -0.310 e. The minimum atomic E-state index is -0.487. The fraction of sp³-hybridized carbons (Fsp3) is 0.538. The fourth-order valence-electron chi connectivity index (χ4n) is 2.04. The summed E-state index contributed by atoms with van der Waals surface area (Å²) in [5.41, 5.74) is 0.744. The molecule has 1 N–H and O–H groups in total. The molecule has 1 atom stereocenters. The molecule has 0 aliphatic heterocycles. The summed E-state index contributed by atoms with van der Waals surface area (Å²) in [5, 5.41) is 3.37. The Bertz CT molecular complexity index is 341. The highest BCUT2D eigenvalue weighted by Crippen LogP contribution is 2.41. The van der Waals surface area contributed by atoms with E-state index in [2.05, 4.69) is 12.2 Å². The molecule has 2 rings (SSSR count). The van der Waals surface area contributed by atoms with Gasteiger partial charge in [0.05, 0.1) is 0 Å².